The molecule has 4 atom stereocenters. The molecule has 2 rings (SSSR count). The van der Waals surface area contributed by atoms with E-state index in [1.807, 2.05) is 0 Å². The van der Waals surface area contributed by atoms with Crippen LogP contribution < -0.4 is 10.6 Å². The Labute approximate surface area is 196 Å². The Morgan fingerprint density at radius 2 is 1.03 bits per heavy atom. The molecule has 2 aromatic rings. The summed E-state index contributed by atoms with van der Waals surface area (Å²) >= 11 is 0. The van der Waals surface area contributed by atoms with E-state index >= 15 is 0 Å². The summed E-state index contributed by atoms with van der Waals surface area (Å²) in [5.41, 5.74) is 1.39. The van der Waals surface area contributed by atoms with Crippen molar-refractivity contribution >= 4 is 26.5 Å². The second-order valence-electron chi connectivity index (χ2n) is 11.2. The van der Waals surface area contributed by atoms with Crippen LogP contribution in [0.4, 0.5) is 0 Å². The van der Waals surface area contributed by atoms with Gasteiger partial charge in [-0.2, -0.15) is 0 Å². The Kier molecular flexibility index (Phi) is 9.38. The Hall–Kier alpha value is -0.700. The van der Waals surface area contributed by atoms with Crippen LogP contribution in [0.5, 0.6) is 0 Å². The quantitative estimate of drug-likeness (QED) is 0.349. The summed E-state index contributed by atoms with van der Waals surface area (Å²) < 4.78 is 0. The highest BCUT2D eigenvalue weighted by Gasteiger charge is 2.43. The van der Waals surface area contributed by atoms with E-state index in [1.54, 1.807) is 0 Å². The lowest BCUT2D eigenvalue weighted by atomic mass is 9.87. The molecule has 0 radical (unpaired) electrons. The van der Waals surface area contributed by atoms with Gasteiger partial charge >= 0.3 is 0 Å². The van der Waals surface area contributed by atoms with Gasteiger partial charge in [-0.15, -0.1) is 0 Å². The third-order valence-electron chi connectivity index (χ3n) is 6.86. The van der Waals surface area contributed by atoms with Gasteiger partial charge in [0.1, 0.15) is 0 Å². The van der Waals surface area contributed by atoms with Crippen LogP contribution in [0.3, 0.4) is 0 Å². The largest absolute Gasteiger partial charge is 0.0924 e. The summed E-state index contributed by atoms with van der Waals surface area (Å²) in [6.45, 7) is 24.9. The zero-order valence-electron chi connectivity index (χ0n) is 21.7. The summed E-state index contributed by atoms with van der Waals surface area (Å²) in [4.78, 5) is 0. The topological polar surface area (TPSA) is 0 Å². The van der Waals surface area contributed by atoms with Crippen molar-refractivity contribution in [1.29, 1.82) is 0 Å². The Balaban J connectivity index is 2.43. The van der Waals surface area contributed by atoms with Crippen LogP contribution in [-0.4, -0.2) is 21.6 Å². The van der Waals surface area contributed by atoms with Gasteiger partial charge in [-0.1, -0.05) is 144 Å². The number of hydrogen-bond acceptors (Lipinski definition) is 0. The second-order valence-corrected chi connectivity index (χ2v) is 18.0. The van der Waals surface area contributed by atoms with Crippen LogP contribution in [0.2, 0.25) is 0 Å². The van der Waals surface area contributed by atoms with Gasteiger partial charge < -0.3 is 0 Å². The van der Waals surface area contributed by atoms with Gasteiger partial charge in [-0.25, -0.2) is 0 Å². The molecular formula is C29H46P2. The van der Waals surface area contributed by atoms with Crippen LogP contribution >= 0.6 is 15.8 Å². The van der Waals surface area contributed by atoms with Gasteiger partial charge in [-0.05, 0) is 52.0 Å². The fraction of sp³-hybridized carbons (Fsp3) is 0.586. The maximum absolute atomic E-state index is 2.58. The molecule has 31 heavy (non-hydrogen) atoms. The standard InChI is InChI=1S/C29H46P2/c1-11-27(24(4)31(28(5,6)7)29(8,9)10)22(2)23(3)30(25-18-14-12-15-19-25)26-20-16-13-17-21-26/h12-24,27H,11H2,1-10H3/t22?,23-,24+,27+/m0/s1. The molecule has 0 amide bonds. The zero-order valence-corrected chi connectivity index (χ0v) is 23.5. The highest BCUT2D eigenvalue weighted by Crippen LogP contribution is 2.65. The van der Waals surface area contributed by atoms with Gasteiger partial charge in [0.25, 0.3) is 0 Å². The van der Waals surface area contributed by atoms with Crippen molar-refractivity contribution in [2.45, 2.75) is 97.3 Å². The van der Waals surface area contributed by atoms with Crippen molar-refractivity contribution in [3.05, 3.63) is 60.7 Å². The highest BCUT2D eigenvalue weighted by molar-refractivity contribution is 7.73. The van der Waals surface area contributed by atoms with Crippen LogP contribution in [-0.2, 0) is 0 Å². The van der Waals surface area contributed by atoms with Crippen molar-refractivity contribution < 1.29 is 0 Å². The van der Waals surface area contributed by atoms with Crippen molar-refractivity contribution in [3.63, 3.8) is 0 Å². The maximum Gasteiger partial charge on any atom is -0.0129 e. The minimum Gasteiger partial charge on any atom is -0.0924 e. The lowest BCUT2D eigenvalue weighted by molar-refractivity contribution is 0.335. The molecule has 0 saturated carbocycles. The van der Waals surface area contributed by atoms with Gasteiger partial charge in [0.15, 0.2) is 0 Å². The third kappa shape index (κ3) is 6.65. The molecule has 0 nitrogen and oxygen atoms in total. The molecule has 0 spiro atoms. The molecular weight excluding hydrogens is 410 g/mol. The summed E-state index contributed by atoms with van der Waals surface area (Å²) in [6, 6.07) is 22.5. The van der Waals surface area contributed by atoms with E-state index in [1.165, 1.54) is 17.0 Å². The predicted molar refractivity (Wildman–Crippen MR) is 147 cm³/mol. The molecule has 0 heterocycles. The van der Waals surface area contributed by atoms with Crippen LogP contribution in [0.15, 0.2) is 60.7 Å². The normalized spacial score (nSPS) is 16.9. The van der Waals surface area contributed by atoms with Crippen LogP contribution in [0.25, 0.3) is 0 Å². The van der Waals surface area contributed by atoms with E-state index in [9.17, 15) is 0 Å². The molecule has 0 aliphatic carbocycles. The minimum absolute atomic E-state index is 0.127. The molecule has 2 aromatic carbocycles. The Morgan fingerprint density at radius 3 is 1.35 bits per heavy atom. The highest BCUT2D eigenvalue weighted by atomic mass is 31.1. The lowest BCUT2D eigenvalue weighted by Crippen LogP contribution is -2.38. The first-order chi connectivity index (χ1) is 14.4. The predicted octanol–water partition coefficient (Wildman–Crippen LogP) is 8.64. The number of rotatable bonds is 8. The van der Waals surface area contributed by atoms with Gasteiger partial charge in [0.2, 0.25) is 0 Å². The molecule has 0 bridgehead atoms. The van der Waals surface area contributed by atoms with E-state index in [0.29, 0.717) is 21.9 Å². The molecule has 1 unspecified atom stereocenters. The second kappa shape index (κ2) is 10.9. The van der Waals surface area contributed by atoms with Crippen LogP contribution in [0, 0.1) is 11.8 Å². The Bertz CT molecular complexity index is 716. The van der Waals surface area contributed by atoms with E-state index in [2.05, 4.69) is 130 Å². The summed E-state index contributed by atoms with van der Waals surface area (Å²) in [5.74, 6) is 1.43. The van der Waals surface area contributed by atoms with Crippen molar-refractivity contribution in [3.8, 4) is 0 Å². The van der Waals surface area contributed by atoms with Crippen molar-refractivity contribution in [2.75, 3.05) is 0 Å². The molecule has 2 heteroatoms. The average molecular weight is 457 g/mol. The van der Waals surface area contributed by atoms with E-state index in [4.69, 9.17) is 0 Å². The molecule has 0 aliphatic rings. The molecule has 0 N–H and O–H groups in total. The third-order valence-corrected chi connectivity index (χ3v) is 13.9. The van der Waals surface area contributed by atoms with E-state index < -0.39 is 0 Å². The van der Waals surface area contributed by atoms with Crippen molar-refractivity contribution in [1.82, 2.24) is 0 Å². The summed E-state index contributed by atoms with van der Waals surface area (Å²) in [5, 5.41) is 3.76. The number of benzene rings is 2. The zero-order chi connectivity index (χ0) is 23.4. The van der Waals surface area contributed by atoms with E-state index in [-0.39, 0.29) is 15.8 Å². The van der Waals surface area contributed by atoms with Crippen molar-refractivity contribution in [2.24, 2.45) is 11.8 Å². The Morgan fingerprint density at radius 1 is 0.645 bits per heavy atom. The molecule has 0 aromatic heterocycles. The SMILES string of the molecule is CC[C@H](C(C)[C@H](C)P(c1ccccc1)c1ccccc1)[C@@H](C)P(C(C)(C)C)C(C)(C)C. The fourth-order valence-electron chi connectivity index (χ4n) is 5.96. The first-order valence-corrected chi connectivity index (χ1v) is 14.9. The average Bonchev–Trinajstić information content (AvgIpc) is 2.68. The summed E-state index contributed by atoms with van der Waals surface area (Å²) in [7, 11) is -0.510. The lowest BCUT2D eigenvalue weighted by Gasteiger charge is -2.50. The molecule has 0 fully saturated rings. The molecule has 0 aliphatic heterocycles. The first-order valence-electron chi connectivity index (χ1n) is 12.1. The van der Waals surface area contributed by atoms with Crippen LogP contribution in [0.1, 0.15) is 75.7 Å². The van der Waals surface area contributed by atoms with Gasteiger partial charge in [-0.3, -0.25) is 0 Å². The van der Waals surface area contributed by atoms with Gasteiger partial charge in [0, 0.05) is 0 Å². The van der Waals surface area contributed by atoms with E-state index in [0.717, 1.165) is 11.6 Å². The molecule has 0 saturated heterocycles. The fourth-order valence-corrected chi connectivity index (χ4v) is 14.2. The first kappa shape index (κ1) is 26.6. The number of hydrogen-bond donors (Lipinski definition) is 0. The smallest absolute Gasteiger partial charge is 0.0129 e. The molecule has 172 valence electrons. The minimum atomic E-state index is -0.383. The monoisotopic (exact) mass is 456 g/mol. The summed E-state index contributed by atoms with van der Waals surface area (Å²) in [6.07, 6.45) is 1.27. The maximum atomic E-state index is 2.58. The van der Waals surface area contributed by atoms with Gasteiger partial charge in [0.05, 0.1) is 0 Å².